The molecular formula is C9H10F3NO2S. The fraction of sp³-hybridized carbons (Fsp3) is 0.333. The maximum Gasteiger partial charge on any atom is 0.404 e. The van der Waals surface area contributed by atoms with Crippen molar-refractivity contribution in [3.8, 4) is 0 Å². The Hall–Kier alpha value is -1.08. The molecule has 1 aromatic rings. The van der Waals surface area contributed by atoms with Gasteiger partial charge in [0.1, 0.15) is 6.04 Å². The summed E-state index contributed by atoms with van der Waals surface area (Å²) in [6.07, 6.45) is -4.71. The van der Waals surface area contributed by atoms with E-state index in [-0.39, 0.29) is 4.90 Å². The van der Waals surface area contributed by atoms with E-state index in [1.807, 2.05) is 0 Å². The summed E-state index contributed by atoms with van der Waals surface area (Å²) in [6, 6.07) is 4.55. The Bertz CT molecular complexity index is 442. The third-order valence-corrected chi connectivity index (χ3v) is 3.71. The van der Waals surface area contributed by atoms with E-state index in [1.165, 1.54) is 24.3 Å². The molecule has 16 heavy (non-hydrogen) atoms. The van der Waals surface area contributed by atoms with E-state index in [9.17, 15) is 21.6 Å². The number of nitrogens with two attached hydrogens (primary N) is 1. The molecule has 0 aromatic heterocycles. The van der Waals surface area contributed by atoms with Gasteiger partial charge in [-0.1, -0.05) is 18.2 Å². The topological polar surface area (TPSA) is 60.2 Å². The highest BCUT2D eigenvalue weighted by Gasteiger charge is 2.39. The second-order valence-electron chi connectivity index (χ2n) is 3.24. The van der Waals surface area contributed by atoms with E-state index < -0.39 is 27.8 Å². The molecule has 2 N–H and O–H groups in total. The van der Waals surface area contributed by atoms with E-state index in [0.29, 0.717) is 0 Å². The number of hydrogen-bond acceptors (Lipinski definition) is 3. The molecule has 0 fully saturated rings. The average molecular weight is 253 g/mol. The molecule has 0 radical (unpaired) electrons. The maximum atomic E-state index is 12.1. The van der Waals surface area contributed by atoms with Gasteiger partial charge in [-0.25, -0.2) is 8.42 Å². The number of sulfone groups is 1. The molecule has 0 aliphatic carbocycles. The number of hydrogen-bond donors (Lipinski definition) is 1. The number of alkyl halides is 3. The second-order valence-corrected chi connectivity index (χ2v) is 5.28. The molecular weight excluding hydrogens is 243 g/mol. The highest BCUT2D eigenvalue weighted by Crippen LogP contribution is 2.21. The first-order chi connectivity index (χ1) is 7.23. The standard InChI is InChI=1S/C9H10F3NO2S/c10-9(11,12)8(13)6-16(14,15)7-4-2-1-3-5-7/h1-5,8H,6,13H2/t8-/m1/s1. The van der Waals surface area contributed by atoms with Gasteiger partial charge in [-0.05, 0) is 12.1 Å². The van der Waals surface area contributed by atoms with Gasteiger partial charge in [0.2, 0.25) is 0 Å². The lowest BCUT2D eigenvalue weighted by Crippen LogP contribution is -2.42. The quantitative estimate of drug-likeness (QED) is 0.884. The fourth-order valence-corrected chi connectivity index (χ4v) is 2.48. The van der Waals surface area contributed by atoms with E-state index in [1.54, 1.807) is 6.07 Å². The maximum absolute atomic E-state index is 12.1. The Morgan fingerprint density at radius 1 is 1.19 bits per heavy atom. The van der Waals surface area contributed by atoms with Gasteiger partial charge in [0, 0.05) is 0 Å². The third-order valence-electron chi connectivity index (χ3n) is 1.92. The molecule has 0 heterocycles. The van der Waals surface area contributed by atoms with E-state index in [4.69, 9.17) is 5.73 Å². The summed E-state index contributed by atoms with van der Waals surface area (Å²) in [5.41, 5.74) is 4.77. The lowest BCUT2D eigenvalue weighted by molar-refractivity contribution is -0.142. The molecule has 0 saturated carbocycles. The smallest absolute Gasteiger partial charge is 0.319 e. The Labute approximate surface area is 91.0 Å². The highest BCUT2D eigenvalue weighted by molar-refractivity contribution is 7.91. The average Bonchev–Trinajstić information content (AvgIpc) is 2.17. The fourth-order valence-electron chi connectivity index (χ4n) is 1.05. The second kappa shape index (κ2) is 4.42. The predicted octanol–water partition coefficient (Wildman–Crippen LogP) is 1.35. The van der Waals surface area contributed by atoms with Crippen LogP contribution in [0.2, 0.25) is 0 Å². The van der Waals surface area contributed by atoms with Crippen molar-refractivity contribution in [2.45, 2.75) is 17.1 Å². The van der Waals surface area contributed by atoms with Gasteiger partial charge in [-0.2, -0.15) is 13.2 Å². The van der Waals surface area contributed by atoms with Gasteiger partial charge >= 0.3 is 6.18 Å². The van der Waals surface area contributed by atoms with E-state index in [0.717, 1.165) is 0 Å². The molecule has 1 aromatic carbocycles. The predicted molar refractivity (Wildman–Crippen MR) is 52.5 cm³/mol. The van der Waals surface area contributed by atoms with Crippen LogP contribution in [0.15, 0.2) is 35.2 Å². The molecule has 0 bridgehead atoms. The van der Waals surface area contributed by atoms with Gasteiger partial charge in [0.15, 0.2) is 9.84 Å². The first-order valence-corrected chi connectivity index (χ1v) is 5.99. The zero-order valence-corrected chi connectivity index (χ0v) is 8.92. The minimum absolute atomic E-state index is 0.158. The van der Waals surface area contributed by atoms with Crippen molar-refractivity contribution in [3.05, 3.63) is 30.3 Å². The normalized spacial score (nSPS) is 14.8. The molecule has 0 amide bonds. The Kier molecular flexibility index (Phi) is 3.59. The SMILES string of the molecule is N[C@H](CS(=O)(=O)c1ccccc1)C(F)(F)F. The first-order valence-electron chi connectivity index (χ1n) is 4.33. The van der Waals surface area contributed by atoms with Crippen LogP contribution in [0.1, 0.15) is 0 Å². The summed E-state index contributed by atoms with van der Waals surface area (Å²) < 4.78 is 59.3. The minimum atomic E-state index is -4.71. The lowest BCUT2D eigenvalue weighted by atomic mass is 10.4. The Balaban J connectivity index is 2.90. The van der Waals surface area contributed by atoms with Crippen molar-refractivity contribution in [1.82, 2.24) is 0 Å². The number of benzene rings is 1. The highest BCUT2D eigenvalue weighted by atomic mass is 32.2. The van der Waals surface area contributed by atoms with Gasteiger partial charge in [0.25, 0.3) is 0 Å². The monoisotopic (exact) mass is 253 g/mol. The minimum Gasteiger partial charge on any atom is -0.319 e. The molecule has 1 atom stereocenters. The van der Waals surface area contributed by atoms with Crippen molar-refractivity contribution in [1.29, 1.82) is 0 Å². The van der Waals surface area contributed by atoms with Gasteiger partial charge in [-0.15, -0.1) is 0 Å². The van der Waals surface area contributed by atoms with Gasteiger partial charge in [-0.3, -0.25) is 0 Å². The molecule has 0 aliphatic rings. The molecule has 90 valence electrons. The van der Waals surface area contributed by atoms with Crippen LogP contribution in [-0.2, 0) is 9.84 Å². The molecule has 0 unspecified atom stereocenters. The molecule has 3 nitrogen and oxygen atoms in total. The van der Waals surface area contributed by atoms with E-state index >= 15 is 0 Å². The zero-order chi connectivity index (χ0) is 12.4. The van der Waals surface area contributed by atoms with Crippen LogP contribution in [0.25, 0.3) is 0 Å². The Morgan fingerprint density at radius 2 is 1.69 bits per heavy atom. The summed E-state index contributed by atoms with van der Waals surface area (Å²) in [5, 5.41) is 0. The van der Waals surface area contributed by atoms with Crippen LogP contribution in [0.5, 0.6) is 0 Å². The molecule has 7 heteroatoms. The number of rotatable bonds is 3. The van der Waals surface area contributed by atoms with Crippen molar-refractivity contribution in [2.75, 3.05) is 5.75 Å². The summed E-state index contributed by atoms with van der Waals surface area (Å²) in [4.78, 5) is -0.158. The van der Waals surface area contributed by atoms with Crippen LogP contribution in [0.4, 0.5) is 13.2 Å². The van der Waals surface area contributed by atoms with Crippen LogP contribution in [0, 0.1) is 0 Å². The zero-order valence-electron chi connectivity index (χ0n) is 8.11. The molecule has 0 aliphatic heterocycles. The van der Waals surface area contributed by atoms with Crippen molar-refractivity contribution < 1.29 is 21.6 Å². The molecule has 0 spiro atoms. The summed E-state index contributed by atoms with van der Waals surface area (Å²) in [6.45, 7) is 0. The van der Waals surface area contributed by atoms with Crippen molar-refractivity contribution in [3.63, 3.8) is 0 Å². The lowest BCUT2D eigenvalue weighted by Gasteiger charge is -2.15. The Morgan fingerprint density at radius 3 is 2.12 bits per heavy atom. The summed E-state index contributed by atoms with van der Waals surface area (Å²) in [7, 11) is -3.99. The van der Waals surface area contributed by atoms with Gasteiger partial charge in [0.05, 0.1) is 10.6 Å². The molecule has 1 rings (SSSR count). The van der Waals surface area contributed by atoms with Crippen LogP contribution < -0.4 is 5.73 Å². The van der Waals surface area contributed by atoms with Crippen LogP contribution in [-0.4, -0.2) is 26.4 Å². The number of halogens is 3. The van der Waals surface area contributed by atoms with Gasteiger partial charge < -0.3 is 5.73 Å². The van der Waals surface area contributed by atoms with Crippen LogP contribution in [0.3, 0.4) is 0 Å². The van der Waals surface area contributed by atoms with E-state index in [2.05, 4.69) is 0 Å². The summed E-state index contributed by atoms with van der Waals surface area (Å²) in [5.74, 6) is -1.14. The summed E-state index contributed by atoms with van der Waals surface area (Å²) >= 11 is 0. The largest absolute Gasteiger partial charge is 0.404 e. The van der Waals surface area contributed by atoms with Crippen molar-refractivity contribution >= 4 is 9.84 Å². The first kappa shape index (κ1) is 13.0. The van der Waals surface area contributed by atoms with Crippen LogP contribution >= 0.6 is 0 Å². The van der Waals surface area contributed by atoms with Crippen molar-refractivity contribution in [2.24, 2.45) is 5.73 Å². The molecule has 0 saturated heterocycles. The third kappa shape index (κ3) is 3.21.